The molecule has 0 saturated carbocycles. The lowest BCUT2D eigenvalue weighted by Crippen LogP contribution is -2.29. The van der Waals surface area contributed by atoms with Crippen LogP contribution in [0.5, 0.6) is 0 Å². The third-order valence-electron chi connectivity index (χ3n) is 3.43. The Morgan fingerprint density at radius 1 is 1.24 bits per heavy atom. The summed E-state index contributed by atoms with van der Waals surface area (Å²) in [5.41, 5.74) is 0.641. The molecule has 2 heterocycles. The van der Waals surface area contributed by atoms with Crippen LogP contribution in [0.4, 0.5) is 17.5 Å². The summed E-state index contributed by atoms with van der Waals surface area (Å²) in [5.74, 6) is 1.33. The summed E-state index contributed by atoms with van der Waals surface area (Å²) in [6.45, 7) is 1.30. The average molecular weight is 293 g/mol. The van der Waals surface area contributed by atoms with E-state index < -0.39 is 0 Å². The molecule has 0 atom stereocenters. The highest BCUT2D eigenvalue weighted by Crippen LogP contribution is 2.25. The number of ether oxygens (including phenoxy) is 1. The van der Waals surface area contributed by atoms with E-state index in [1.165, 1.54) is 0 Å². The fraction of sp³-hybridized carbons (Fsp3) is 0.643. The summed E-state index contributed by atoms with van der Waals surface area (Å²) in [4.78, 5) is 24.7. The first-order valence-corrected chi connectivity index (χ1v) is 7.09. The average Bonchev–Trinajstić information content (AvgIpc) is 2.48. The van der Waals surface area contributed by atoms with E-state index in [1.807, 2.05) is 38.0 Å². The van der Waals surface area contributed by atoms with E-state index in [-0.39, 0.29) is 11.8 Å². The minimum atomic E-state index is 0.00212. The summed E-state index contributed by atoms with van der Waals surface area (Å²) in [7, 11) is 7.56. The van der Waals surface area contributed by atoms with Gasteiger partial charge in [-0.05, 0) is 12.8 Å². The molecular weight excluding hydrogens is 270 g/mol. The summed E-state index contributed by atoms with van der Waals surface area (Å²) < 4.78 is 5.29. The number of nitrogens with zero attached hydrogens (tertiary/aromatic N) is 4. The van der Waals surface area contributed by atoms with Crippen molar-refractivity contribution in [1.82, 2.24) is 9.97 Å². The first-order valence-electron chi connectivity index (χ1n) is 7.09. The van der Waals surface area contributed by atoms with Crippen molar-refractivity contribution in [3.8, 4) is 0 Å². The summed E-state index contributed by atoms with van der Waals surface area (Å²) in [6.07, 6.45) is 3.19. The number of nitrogens with one attached hydrogen (secondary N) is 1. The lowest BCUT2D eigenvalue weighted by atomic mass is 9.99. The quantitative estimate of drug-likeness (QED) is 0.892. The second-order valence-corrected chi connectivity index (χ2v) is 5.57. The monoisotopic (exact) mass is 293 g/mol. The topological polar surface area (TPSA) is 70.6 Å². The number of amides is 1. The van der Waals surface area contributed by atoms with Gasteiger partial charge in [0.05, 0.1) is 6.20 Å². The van der Waals surface area contributed by atoms with Gasteiger partial charge in [0, 0.05) is 47.3 Å². The molecule has 0 aliphatic carbocycles. The maximum Gasteiger partial charge on any atom is 0.227 e. The molecule has 0 bridgehead atoms. The molecule has 7 nitrogen and oxygen atoms in total. The van der Waals surface area contributed by atoms with Crippen LogP contribution in [-0.2, 0) is 9.53 Å². The molecule has 21 heavy (non-hydrogen) atoms. The third-order valence-corrected chi connectivity index (χ3v) is 3.43. The molecule has 1 aliphatic heterocycles. The maximum absolute atomic E-state index is 12.3. The Bertz CT molecular complexity index is 498. The van der Waals surface area contributed by atoms with Gasteiger partial charge in [-0.2, -0.15) is 4.98 Å². The van der Waals surface area contributed by atoms with Crippen molar-refractivity contribution in [1.29, 1.82) is 0 Å². The third kappa shape index (κ3) is 3.81. The number of carbonyl (C=O) groups excluding carboxylic acids is 1. The lowest BCUT2D eigenvalue weighted by Gasteiger charge is -2.23. The van der Waals surface area contributed by atoms with Crippen LogP contribution < -0.4 is 15.1 Å². The van der Waals surface area contributed by atoms with Gasteiger partial charge in [0.25, 0.3) is 0 Å². The summed E-state index contributed by atoms with van der Waals surface area (Å²) >= 11 is 0. The van der Waals surface area contributed by atoms with Crippen LogP contribution in [0.2, 0.25) is 0 Å². The van der Waals surface area contributed by atoms with Crippen molar-refractivity contribution >= 4 is 23.4 Å². The van der Waals surface area contributed by atoms with Gasteiger partial charge in [0.1, 0.15) is 5.69 Å². The van der Waals surface area contributed by atoms with Gasteiger partial charge in [-0.15, -0.1) is 0 Å². The Kier molecular flexibility index (Phi) is 4.95. The zero-order valence-electron chi connectivity index (χ0n) is 13.1. The van der Waals surface area contributed by atoms with Crippen molar-refractivity contribution in [2.24, 2.45) is 5.92 Å². The van der Waals surface area contributed by atoms with Crippen molar-refractivity contribution in [2.75, 3.05) is 56.5 Å². The molecule has 1 fully saturated rings. The van der Waals surface area contributed by atoms with E-state index in [9.17, 15) is 4.79 Å². The van der Waals surface area contributed by atoms with Crippen LogP contribution in [0.1, 0.15) is 12.8 Å². The Morgan fingerprint density at radius 3 is 2.48 bits per heavy atom. The normalized spacial score (nSPS) is 15.6. The van der Waals surface area contributed by atoms with Gasteiger partial charge in [0.2, 0.25) is 11.9 Å². The first kappa shape index (κ1) is 15.5. The fourth-order valence-corrected chi connectivity index (χ4v) is 2.20. The van der Waals surface area contributed by atoms with Gasteiger partial charge >= 0.3 is 0 Å². The van der Waals surface area contributed by atoms with Crippen LogP contribution >= 0.6 is 0 Å². The van der Waals surface area contributed by atoms with Crippen molar-refractivity contribution < 1.29 is 9.53 Å². The number of hydrogen-bond donors (Lipinski definition) is 1. The second-order valence-electron chi connectivity index (χ2n) is 5.57. The Hall–Kier alpha value is -1.89. The Labute approximate surface area is 125 Å². The highest BCUT2D eigenvalue weighted by atomic mass is 16.5. The molecular formula is C14H23N5O2. The standard InChI is InChI=1S/C14H23N5O2/c1-18(2)12-11(9-15-14(17-12)19(3)4)16-13(20)10-5-7-21-8-6-10/h9-10H,5-8H2,1-4H3,(H,16,20). The number of rotatable bonds is 4. The molecule has 0 radical (unpaired) electrons. The van der Waals surface area contributed by atoms with Gasteiger partial charge in [-0.1, -0.05) is 0 Å². The molecule has 1 aromatic rings. The molecule has 0 aromatic carbocycles. The van der Waals surface area contributed by atoms with E-state index in [4.69, 9.17) is 4.74 Å². The van der Waals surface area contributed by atoms with Gasteiger partial charge in [-0.25, -0.2) is 4.98 Å². The first-order chi connectivity index (χ1) is 9.99. The molecule has 7 heteroatoms. The summed E-state index contributed by atoms with van der Waals surface area (Å²) in [6, 6.07) is 0. The Morgan fingerprint density at radius 2 is 1.90 bits per heavy atom. The number of anilines is 3. The molecule has 116 valence electrons. The van der Waals surface area contributed by atoms with Crippen LogP contribution in [0, 0.1) is 5.92 Å². The van der Waals surface area contributed by atoms with Crippen molar-refractivity contribution in [3.05, 3.63) is 6.20 Å². The second kappa shape index (κ2) is 6.71. The molecule has 1 amide bonds. The minimum Gasteiger partial charge on any atom is -0.381 e. The maximum atomic E-state index is 12.3. The van der Waals surface area contributed by atoms with E-state index in [2.05, 4.69) is 15.3 Å². The minimum absolute atomic E-state index is 0.00212. The largest absolute Gasteiger partial charge is 0.381 e. The lowest BCUT2D eigenvalue weighted by molar-refractivity contribution is -0.122. The molecule has 0 spiro atoms. The van der Waals surface area contributed by atoms with E-state index in [0.29, 0.717) is 30.7 Å². The van der Waals surface area contributed by atoms with Gasteiger partial charge in [-0.3, -0.25) is 4.79 Å². The van der Waals surface area contributed by atoms with Crippen molar-refractivity contribution in [3.63, 3.8) is 0 Å². The Balaban J connectivity index is 2.16. The molecule has 1 saturated heterocycles. The predicted molar refractivity (Wildman–Crippen MR) is 82.9 cm³/mol. The number of aromatic nitrogens is 2. The van der Waals surface area contributed by atoms with Crippen LogP contribution in [0.15, 0.2) is 6.20 Å². The van der Waals surface area contributed by atoms with E-state index in [0.717, 1.165) is 12.8 Å². The molecule has 1 aromatic heterocycles. The van der Waals surface area contributed by atoms with Crippen molar-refractivity contribution in [2.45, 2.75) is 12.8 Å². The smallest absolute Gasteiger partial charge is 0.227 e. The van der Waals surface area contributed by atoms with Gasteiger partial charge < -0.3 is 19.9 Å². The molecule has 0 unspecified atom stereocenters. The van der Waals surface area contributed by atoms with E-state index >= 15 is 0 Å². The zero-order chi connectivity index (χ0) is 15.4. The predicted octanol–water partition coefficient (Wildman–Crippen LogP) is 0.974. The van der Waals surface area contributed by atoms with Crippen LogP contribution in [-0.4, -0.2) is 57.3 Å². The highest BCUT2D eigenvalue weighted by molar-refractivity contribution is 5.95. The van der Waals surface area contributed by atoms with Crippen LogP contribution in [0.25, 0.3) is 0 Å². The van der Waals surface area contributed by atoms with E-state index in [1.54, 1.807) is 6.20 Å². The van der Waals surface area contributed by atoms with Crippen LogP contribution in [0.3, 0.4) is 0 Å². The number of carbonyl (C=O) groups is 1. The molecule has 1 aliphatic rings. The summed E-state index contributed by atoms with van der Waals surface area (Å²) in [5, 5.41) is 2.95. The molecule has 2 rings (SSSR count). The zero-order valence-corrected chi connectivity index (χ0v) is 13.1. The SMILES string of the molecule is CN(C)c1ncc(NC(=O)C2CCOCC2)c(N(C)C)n1. The number of hydrogen-bond acceptors (Lipinski definition) is 6. The fourth-order valence-electron chi connectivity index (χ4n) is 2.20. The van der Waals surface area contributed by atoms with Gasteiger partial charge in [0.15, 0.2) is 5.82 Å². The molecule has 1 N–H and O–H groups in total. The highest BCUT2D eigenvalue weighted by Gasteiger charge is 2.23.